The Morgan fingerprint density at radius 3 is 2.41 bits per heavy atom. The summed E-state index contributed by atoms with van der Waals surface area (Å²) in [4.78, 5) is 23.0. The quantitative estimate of drug-likeness (QED) is 0.774. The molecule has 0 saturated heterocycles. The van der Waals surface area contributed by atoms with Crippen LogP contribution >= 0.6 is 0 Å². The highest BCUT2D eigenvalue weighted by atomic mass is 16.5. The number of hydrogen-bond acceptors (Lipinski definition) is 3. The van der Waals surface area contributed by atoms with E-state index in [1.54, 1.807) is 13.8 Å². The number of rotatable bonds is 8. The fourth-order valence-electron chi connectivity index (χ4n) is 2.11. The van der Waals surface area contributed by atoms with Gasteiger partial charge in [0.15, 0.2) is 6.61 Å². The summed E-state index contributed by atoms with van der Waals surface area (Å²) in [6.07, 6.45) is 0.973. The van der Waals surface area contributed by atoms with Gasteiger partial charge in [-0.3, -0.25) is 4.79 Å². The molecule has 0 aliphatic carbocycles. The van der Waals surface area contributed by atoms with Crippen LogP contribution in [0.15, 0.2) is 24.3 Å². The van der Waals surface area contributed by atoms with Crippen LogP contribution in [0.4, 0.5) is 0 Å². The standard InChI is InChI=1S/C17H25NO4/c1-5-12(4)13-8-6-7-9-14(13)22-10-15(19)18-16(11(2)3)17(20)21/h6-9,11-12,16H,5,10H2,1-4H3,(H,18,19)(H,20,21)/t12?,16-/m0/s1. The van der Waals surface area contributed by atoms with Crippen LogP contribution in [0.5, 0.6) is 5.75 Å². The number of carbonyl (C=O) groups is 2. The van der Waals surface area contributed by atoms with E-state index >= 15 is 0 Å². The van der Waals surface area contributed by atoms with Gasteiger partial charge in [-0.2, -0.15) is 0 Å². The first-order valence-electron chi connectivity index (χ1n) is 7.60. The molecular weight excluding hydrogens is 282 g/mol. The molecule has 22 heavy (non-hydrogen) atoms. The Hall–Kier alpha value is -2.04. The van der Waals surface area contributed by atoms with E-state index in [4.69, 9.17) is 9.84 Å². The van der Waals surface area contributed by atoms with E-state index in [0.29, 0.717) is 11.7 Å². The molecule has 5 heteroatoms. The summed E-state index contributed by atoms with van der Waals surface area (Å²) in [5.74, 6) is -0.651. The molecule has 0 aliphatic rings. The highest BCUT2D eigenvalue weighted by Gasteiger charge is 2.23. The van der Waals surface area contributed by atoms with Gasteiger partial charge in [0, 0.05) is 0 Å². The van der Waals surface area contributed by atoms with Crippen LogP contribution in [-0.2, 0) is 9.59 Å². The zero-order valence-electron chi connectivity index (χ0n) is 13.6. The van der Waals surface area contributed by atoms with Crippen molar-refractivity contribution in [2.24, 2.45) is 5.92 Å². The van der Waals surface area contributed by atoms with Crippen LogP contribution in [0, 0.1) is 5.92 Å². The number of aliphatic carboxylic acids is 1. The number of carboxylic acids is 1. The van der Waals surface area contributed by atoms with Crippen molar-refractivity contribution >= 4 is 11.9 Å². The molecule has 1 amide bonds. The van der Waals surface area contributed by atoms with Crippen molar-refractivity contribution in [2.75, 3.05) is 6.61 Å². The molecule has 0 radical (unpaired) electrons. The number of nitrogens with one attached hydrogen (secondary N) is 1. The molecule has 1 unspecified atom stereocenters. The smallest absolute Gasteiger partial charge is 0.326 e. The summed E-state index contributed by atoms with van der Waals surface area (Å²) in [6, 6.07) is 6.70. The molecule has 5 nitrogen and oxygen atoms in total. The Bertz CT molecular complexity index is 513. The topological polar surface area (TPSA) is 75.6 Å². The van der Waals surface area contributed by atoms with E-state index < -0.39 is 17.9 Å². The van der Waals surface area contributed by atoms with Gasteiger partial charge < -0.3 is 15.2 Å². The third-order valence-electron chi connectivity index (χ3n) is 3.67. The van der Waals surface area contributed by atoms with Crippen molar-refractivity contribution in [2.45, 2.75) is 46.1 Å². The second-order valence-electron chi connectivity index (χ2n) is 5.76. The monoisotopic (exact) mass is 307 g/mol. The number of benzene rings is 1. The molecule has 0 heterocycles. The molecule has 2 atom stereocenters. The number of ether oxygens (including phenoxy) is 1. The summed E-state index contributed by atoms with van der Waals surface area (Å²) in [6.45, 7) is 7.50. The molecule has 1 aromatic carbocycles. The lowest BCUT2D eigenvalue weighted by atomic mass is 9.98. The molecule has 2 N–H and O–H groups in total. The summed E-state index contributed by atoms with van der Waals surface area (Å²) in [5, 5.41) is 11.6. The predicted octanol–water partition coefficient (Wildman–Crippen LogP) is 2.80. The predicted molar refractivity (Wildman–Crippen MR) is 85.0 cm³/mol. The highest BCUT2D eigenvalue weighted by molar-refractivity contribution is 5.84. The van der Waals surface area contributed by atoms with Crippen molar-refractivity contribution in [1.82, 2.24) is 5.32 Å². The molecule has 0 aliphatic heterocycles. The number of hydrogen-bond donors (Lipinski definition) is 2. The minimum Gasteiger partial charge on any atom is -0.483 e. The first-order chi connectivity index (χ1) is 10.4. The SMILES string of the molecule is CCC(C)c1ccccc1OCC(=O)N[C@H](C(=O)O)C(C)C. The maximum absolute atomic E-state index is 11.9. The molecule has 122 valence electrons. The Morgan fingerprint density at radius 2 is 1.86 bits per heavy atom. The van der Waals surface area contributed by atoms with Crippen LogP contribution in [-0.4, -0.2) is 29.6 Å². The number of carboxylic acid groups (broad SMARTS) is 1. The molecule has 0 spiro atoms. The van der Waals surface area contributed by atoms with Gasteiger partial charge >= 0.3 is 5.97 Å². The van der Waals surface area contributed by atoms with Crippen molar-refractivity contribution in [1.29, 1.82) is 0 Å². The van der Waals surface area contributed by atoms with Crippen LogP contribution in [0.25, 0.3) is 0 Å². The van der Waals surface area contributed by atoms with Gasteiger partial charge in [0.2, 0.25) is 0 Å². The van der Waals surface area contributed by atoms with Gasteiger partial charge in [-0.05, 0) is 29.9 Å². The van der Waals surface area contributed by atoms with Crippen LogP contribution in [0.2, 0.25) is 0 Å². The van der Waals surface area contributed by atoms with E-state index in [0.717, 1.165) is 12.0 Å². The molecule has 1 rings (SSSR count). The normalized spacial score (nSPS) is 13.5. The average molecular weight is 307 g/mol. The van der Waals surface area contributed by atoms with Crippen molar-refractivity contribution in [3.63, 3.8) is 0 Å². The Balaban J connectivity index is 2.67. The maximum atomic E-state index is 11.9. The van der Waals surface area contributed by atoms with Gasteiger partial charge in [-0.25, -0.2) is 4.79 Å². The Labute approximate surface area is 131 Å². The summed E-state index contributed by atoms with van der Waals surface area (Å²) in [5.41, 5.74) is 1.05. The number of amides is 1. The zero-order chi connectivity index (χ0) is 16.7. The van der Waals surface area contributed by atoms with Gasteiger partial charge in [-0.1, -0.05) is 45.9 Å². The average Bonchev–Trinajstić information content (AvgIpc) is 2.49. The summed E-state index contributed by atoms with van der Waals surface area (Å²) >= 11 is 0. The number of para-hydroxylation sites is 1. The molecule has 0 bridgehead atoms. The maximum Gasteiger partial charge on any atom is 0.326 e. The van der Waals surface area contributed by atoms with Crippen LogP contribution < -0.4 is 10.1 Å². The Kier molecular flexibility index (Phi) is 6.89. The molecule has 0 saturated carbocycles. The Morgan fingerprint density at radius 1 is 1.23 bits per heavy atom. The van der Waals surface area contributed by atoms with Gasteiger partial charge in [0.1, 0.15) is 11.8 Å². The van der Waals surface area contributed by atoms with E-state index in [1.807, 2.05) is 24.3 Å². The summed E-state index contributed by atoms with van der Waals surface area (Å²) < 4.78 is 5.58. The minimum absolute atomic E-state index is 0.186. The molecule has 1 aromatic rings. The fourth-order valence-corrected chi connectivity index (χ4v) is 2.11. The second kappa shape index (κ2) is 8.41. The molecular formula is C17H25NO4. The molecule has 0 aromatic heterocycles. The van der Waals surface area contributed by atoms with E-state index in [2.05, 4.69) is 19.2 Å². The lowest BCUT2D eigenvalue weighted by Gasteiger charge is -2.19. The van der Waals surface area contributed by atoms with Gasteiger partial charge in [0.25, 0.3) is 5.91 Å². The van der Waals surface area contributed by atoms with Crippen LogP contribution in [0.3, 0.4) is 0 Å². The van der Waals surface area contributed by atoms with Crippen molar-refractivity contribution < 1.29 is 19.4 Å². The van der Waals surface area contributed by atoms with Crippen molar-refractivity contribution in [3.8, 4) is 5.75 Å². The third kappa shape index (κ3) is 5.06. The van der Waals surface area contributed by atoms with E-state index in [9.17, 15) is 9.59 Å². The lowest BCUT2D eigenvalue weighted by molar-refractivity contribution is -0.143. The van der Waals surface area contributed by atoms with E-state index in [-0.39, 0.29) is 12.5 Å². The first-order valence-corrected chi connectivity index (χ1v) is 7.60. The van der Waals surface area contributed by atoms with E-state index in [1.165, 1.54) is 0 Å². The largest absolute Gasteiger partial charge is 0.483 e. The molecule has 0 fully saturated rings. The van der Waals surface area contributed by atoms with Crippen LogP contribution in [0.1, 0.15) is 45.6 Å². The number of carbonyl (C=O) groups excluding carboxylic acids is 1. The van der Waals surface area contributed by atoms with Gasteiger partial charge in [-0.15, -0.1) is 0 Å². The summed E-state index contributed by atoms with van der Waals surface area (Å²) in [7, 11) is 0. The third-order valence-corrected chi connectivity index (χ3v) is 3.67. The first kappa shape index (κ1) is 18.0. The zero-order valence-corrected chi connectivity index (χ0v) is 13.6. The highest BCUT2D eigenvalue weighted by Crippen LogP contribution is 2.28. The van der Waals surface area contributed by atoms with Crippen molar-refractivity contribution in [3.05, 3.63) is 29.8 Å². The second-order valence-corrected chi connectivity index (χ2v) is 5.76. The fraction of sp³-hybridized carbons (Fsp3) is 0.529. The minimum atomic E-state index is -1.04. The lowest BCUT2D eigenvalue weighted by Crippen LogP contribution is -2.46. The van der Waals surface area contributed by atoms with Gasteiger partial charge in [0.05, 0.1) is 0 Å².